The highest BCUT2D eigenvalue weighted by Gasteiger charge is 2.19. The summed E-state index contributed by atoms with van der Waals surface area (Å²) in [6.07, 6.45) is 1.90. The molecule has 3 aromatic carbocycles. The number of nitrogens with two attached hydrogens (primary N) is 3. The molecule has 4 rings (SSSR count). The van der Waals surface area contributed by atoms with E-state index in [4.69, 9.17) is 17.2 Å². The molecule has 9 heteroatoms. The Kier molecular flexibility index (Phi) is 11.6. The molecule has 0 atom stereocenters. The molecular weight excluding hydrogens is 528 g/mol. The van der Waals surface area contributed by atoms with Crippen LogP contribution in [0.25, 0.3) is 0 Å². The highest BCUT2D eigenvalue weighted by molar-refractivity contribution is 5.44. The Bertz CT molecular complexity index is 1250. The lowest BCUT2D eigenvalue weighted by atomic mass is 10.0. The number of phenolic OH excluding ortho intramolecular Hbond substituents is 3. The quantitative estimate of drug-likeness (QED) is 0.226. The van der Waals surface area contributed by atoms with E-state index in [0.717, 1.165) is 91.1 Å². The van der Waals surface area contributed by atoms with Gasteiger partial charge in [0, 0.05) is 85.7 Å². The van der Waals surface area contributed by atoms with Crippen LogP contribution in [0, 0.1) is 6.92 Å². The van der Waals surface area contributed by atoms with Crippen molar-refractivity contribution in [3.63, 3.8) is 0 Å². The maximum atomic E-state index is 10.9. The molecule has 0 amide bonds. The zero-order valence-corrected chi connectivity index (χ0v) is 24.9. The molecule has 0 aromatic heterocycles. The monoisotopic (exact) mass is 576 g/mol. The van der Waals surface area contributed by atoms with Gasteiger partial charge < -0.3 is 32.5 Å². The summed E-state index contributed by atoms with van der Waals surface area (Å²) in [6.45, 7) is 9.97. The lowest BCUT2D eigenvalue weighted by molar-refractivity contribution is 0.192. The van der Waals surface area contributed by atoms with Crippen LogP contribution in [0.3, 0.4) is 0 Å². The third-order valence-corrected chi connectivity index (χ3v) is 8.29. The summed E-state index contributed by atoms with van der Waals surface area (Å²) >= 11 is 0. The second-order valence-corrected chi connectivity index (χ2v) is 11.4. The predicted octanol–water partition coefficient (Wildman–Crippen LogP) is 3.09. The molecular formula is C33H48N6O3. The van der Waals surface area contributed by atoms with E-state index < -0.39 is 0 Å². The summed E-state index contributed by atoms with van der Waals surface area (Å²) in [4.78, 5) is 7.19. The van der Waals surface area contributed by atoms with E-state index in [1.165, 1.54) is 0 Å². The number of hydrogen-bond donors (Lipinski definition) is 6. The zero-order valence-electron chi connectivity index (χ0n) is 24.9. The maximum Gasteiger partial charge on any atom is 0.124 e. The number of nitrogens with zero attached hydrogens (tertiary/aromatic N) is 3. The molecule has 1 saturated heterocycles. The van der Waals surface area contributed by atoms with Gasteiger partial charge in [-0.25, -0.2) is 0 Å². The van der Waals surface area contributed by atoms with Gasteiger partial charge in [-0.3, -0.25) is 14.7 Å². The van der Waals surface area contributed by atoms with Crippen LogP contribution in [-0.2, 0) is 39.3 Å². The van der Waals surface area contributed by atoms with Gasteiger partial charge in [0.1, 0.15) is 17.2 Å². The second-order valence-electron chi connectivity index (χ2n) is 11.4. The number of benzene rings is 3. The minimum atomic E-state index is 0.280. The van der Waals surface area contributed by atoms with Crippen LogP contribution in [0.2, 0.25) is 0 Å². The van der Waals surface area contributed by atoms with Gasteiger partial charge in [0.2, 0.25) is 0 Å². The van der Waals surface area contributed by atoms with E-state index in [9.17, 15) is 15.3 Å². The first-order valence-electron chi connectivity index (χ1n) is 15.0. The standard InChI is InChI=1S/C33H48N6O3/c1-24-16-29(20-36)33(42)30(17-24)23-37-10-4-12-38(21-27-8-2-6-25(18-34)31(27)40)14-15-39(13-5-11-37)22-28-9-3-7-26(19-35)32(28)41/h2-3,6-9,16-17,40-42H,4-5,10-15,18-23,34-36H2,1H3. The summed E-state index contributed by atoms with van der Waals surface area (Å²) in [6, 6.07) is 15.6. The number of rotatable bonds is 9. The fraction of sp³-hybridized carbons (Fsp3) is 0.455. The van der Waals surface area contributed by atoms with Crippen LogP contribution < -0.4 is 17.2 Å². The van der Waals surface area contributed by atoms with E-state index in [-0.39, 0.29) is 11.5 Å². The van der Waals surface area contributed by atoms with Gasteiger partial charge in [-0.1, -0.05) is 54.1 Å². The smallest absolute Gasteiger partial charge is 0.124 e. The topological polar surface area (TPSA) is 148 Å². The van der Waals surface area contributed by atoms with Crippen LogP contribution in [0.5, 0.6) is 17.2 Å². The van der Waals surface area contributed by atoms with Crippen molar-refractivity contribution < 1.29 is 15.3 Å². The molecule has 42 heavy (non-hydrogen) atoms. The Balaban J connectivity index is 1.55. The third kappa shape index (κ3) is 8.22. The van der Waals surface area contributed by atoms with E-state index in [1.54, 1.807) is 0 Å². The Morgan fingerprint density at radius 2 is 0.881 bits per heavy atom. The molecule has 1 aliphatic rings. The van der Waals surface area contributed by atoms with Gasteiger partial charge in [0.25, 0.3) is 0 Å². The first kappa shape index (κ1) is 31.7. The Hall–Kier alpha value is -3.18. The largest absolute Gasteiger partial charge is 0.507 e. The van der Waals surface area contributed by atoms with Crippen LogP contribution in [0.1, 0.15) is 51.8 Å². The fourth-order valence-electron chi connectivity index (χ4n) is 5.94. The van der Waals surface area contributed by atoms with E-state index >= 15 is 0 Å². The Morgan fingerprint density at radius 1 is 0.524 bits per heavy atom. The van der Waals surface area contributed by atoms with Crippen LogP contribution >= 0.6 is 0 Å². The van der Waals surface area contributed by atoms with Crippen molar-refractivity contribution in [2.45, 2.75) is 59.0 Å². The molecule has 0 aliphatic carbocycles. The molecule has 0 unspecified atom stereocenters. The van der Waals surface area contributed by atoms with Gasteiger partial charge in [-0.05, 0) is 45.9 Å². The molecule has 3 aromatic rings. The number of para-hydroxylation sites is 2. The summed E-state index contributed by atoms with van der Waals surface area (Å²) in [7, 11) is 0. The highest BCUT2D eigenvalue weighted by Crippen LogP contribution is 2.28. The van der Waals surface area contributed by atoms with E-state index in [0.29, 0.717) is 45.0 Å². The maximum absolute atomic E-state index is 10.9. The van der Waals surface area contributed by atoms with Gasteiger partial charge in [-0.2, -0.15) is 0 Å². The first-order valence-corrected chi connectivity index (χ1v) is 15.0. The van der Waals surface area contributed by atoms with Gasteiger partial charge in [0.05, 0.1) is 0 Å². The van der Waals surface area contributed by atoms with Gasteiger partial charge >= 0.3 is 0 Å². The molecule has 0 spiro atoms. The second kappa shape index (κ2) is 15.3. The fourth-order valence-corrected chi connectivity index (χ4v) is 5.94. The van der Waals surface area contributed by atoms with Crippen LogP contribution in [-0.4, -0.2) is 69.3 Å². The van der Waals surface area contributed by atoms with E-state index in [2.05, 4.69) is 20.8 Å². The van der Waals surface area contributed by atoms with E-state index in [1.807, 2.05) is 49.4 Å². The molecule has 228 valence electrons. The molecule has 1 aliphatic heterocycles. The number of aryl methyl sites for hydroxylation is 1. The lowest BCUT2D eigenvalue weighted by Crippen LogP contribution is -2.35. The molecule has 0 saturated carbocycles. The predicted molar refractivity (Wildman–Crippen MR) is 168 cm³/mol. The summed E-state index contributed by atoms with van der Waals surface area (Å²) in [5, 5.41) is 32.5. The zero-order chi connectivity index (χ0) is 30.1. The van der Waals surface area contributed by atoms with Crippen molar-refractivity contribution in [2.75, 3.05) is 39.3 Å². The van der Waals surface area contributed by atoms with Crippen LogP contribution in [0.15, 0.2) is 48.5 Å². The normalized spacial score (nSPS) is 16.4. The van der Waals surface area contributed by atoms with Gasteiger partial charge in [-0.15, -0.1) is 0 Å². The van der Waals surface area contributed by atoms with Crippen molar-refractivity contribution >= 4 is 0 Å². The average Bonchev–Trinajstić information content (AvgIpc) is 3.02. The highest BCUT2D eigenvalue weighted by atomic mass is 16.3. The minimum absolute atomic E-state index is 0.280. The van der Waals surface area contributed by atoms with Crippen molar-refractivity contribution in [1.29, 1.82) is 0 Å². The van der Waals surface area contributed by atoms with Crippen molar-refractivity contribution in [3.8, 4) is 17.2 Å². The van der Waals surface area contributed by atoms with Crippen molar-refractivity contribution in [2.24, 2.45) is 17.2 Å². The summed E-state index contributed by atoms with van der Waals surface area (Å²) in [5.74, 6) is 0.857. The molecule has 9 nitrogen and oxygen atoms in total. The third-order valence-electron chi connectivity index (χ3n) is 8.29. The van der Waals surface area contributed by atoms with Crippen LogP contribution in [0.4, 0.5) is 0 Å². The average molecular weight is 577 g/mol. The molecule has 1 heterocycles. The van der Waals surface area contributed by atoms with Gasteiger partial charge in [0.15, 0.2) is 0 Å². The lowest BCUT2D eigenvalue weighted by Gasteiger charge is -2.28. The molecule has 0 bridgehead atoms. The summed E-state index contributed by atoms with van der Waals surface area (Å²) in [5.41, 5.74) is 23.7. The molecule has 1 fully saturated rings. The SMILES string of the molecule is Cc1cc(CN)c(O)c(CN2CCCN(Cc3cccc(CN)c3O)CCN(Cc3cccc(CN)c3O)CCC2)c1. The van der Waals surface area contributed by atoms with Crippen molar-refractivity contribution in [1.82, 2.24) is 14.7 Å². The molecule has 9 N–H and O–H groups in total. The first-order chi connectivity index (χ1) is 20.3. The molecule has 0 radical (unpaired) electrons. The Labute approximate surface area is 250 Å². The van der Waals surface area contributed by atoms with Crippen molar-refractivity contribution in [3.05, 3.63) is 87.5 Å². The minimum Gasteiger partial charge on any atom is -0.507 e. The Morgan fingerprint density at radius 3 is 1.33 bits per heavy atom. The number of phenols is 3. The number of aromatic hydroxyl groups is 3. The summed E-state index contributed by atoms with van der Waals surface area (Å²) < 4.78 is 0. The number of hydrogen-bond acceptors (Lipinski definition) is 9.